The van der Waals surface area contributed by atoms with E-state index in [0.717, 1.165) is 64.2 Å². The van der Waals surface area contributed by atoms with Crippen LogP contribution in [0.1, 0.15) is 194 Å². The molecular weight excluding hydrogens is 697 g/mol. The highest BCUT2D eigenvalue weighted by atomic mass is 31.2. The third kappa shape index (κ3) is 41.6. The number of phosphoric acid groups is 1. The van der Waals surface area contributed by atoms with Crippen molar-refractivity contribution in [1.82, 2.24) is 0 Å². The van der Waals surface area contributed by atoms with E-state index in [0.29, 0.717) is 13.0 Å². The third-order valence-electron chi connectivity index (χ3n) is 9.26. The molecule has 0 amide bonds. The van der Waals surface area contributed by atoms with E-state index in [1.54, 1.807) is 0 Å². The van der Waals surface area contributed by atoms with Crippen LogP contribution in [0.4, 0.5) is 0 Å². The Morgan fingerprint density at radius 2 is 1.04 bits per heavy atom. The first-order valence-corrected chi connectivity index (χ1v) is 23.6. The van der Waals surface area contributed by atoms with E-state index >= 15 is 0 Å². The first-order chi connectivity index (χ1) is 26.4. The van der Waals surface area contributed by atoms with Gasteiger partial charge in [0, 0.05) is 19.6 Å². The van der Waals surface area contributed by atoms with Crippen molar-refractivity contribution in [1.29, 1.82) is 0 Å². The number of carbonyl (C=O) groups is 1. The highest BCUT2D eigenvalue weighted by molar-refractivity contribution is 7.47. The monoisotopic (exact) mass is 782 g/mol. The number of carbonyl (C=O) groups excluding carboxylic acids is 1. The lowest BCUT2D eigenvalue weighted by atomic mass is 10.0. The second kappa shape index (κ2) is 42.6. The molecule has 0 aliphatic rings. The molecule has 3 N–H and O–H groups in total. The van der Waals surface area contributed by atoms with Gasteiger partial charge in [-0.25, -0.2) is 4.57 Å². The molecule has 0 aromatic heterocycles. The summed E-state index contributed by atoms with van der Waals surface area (Å²) in [6.07, 6.45) is 49.8. The van der Waals surface area contributed by atoms with Crippen molar-refractivity contribution < 1.29 is 32.8 Å². The molecule has 316 valence electrons. The van der Waals surface area contributed by atoms with Gasteiger partial charge in [0.25, 0.3) is 0 Å². The molecule has 0 aliphatic heterocycles. The van der Waals surface area contributed by atoms with Crippen LogP contribution in [0.15, 0.2) is 48.6 Å². The largest absolute Gasteiger partial charge is 0.472 e. The number of hydrogen-bond acceptors (Lipinski definition) is 7. The SMILES string of the molecule is CC/C=C\C/C=C\C/C=C\C/C=C\CCCCCCCCCOCC(COP(=O)(O)OCCN)OC(=O)CCCCCCCCCCCCCCCCC. The smallest absolute Gasteiger partial charge is 0.457 e. The van der Waals surface area contributed by atoms with Crippen LogP contribution in [-0.4, -0.2) is 49.9 Å². The molecule has 0 bridgehead atoms. The predicted octanol–water partition coefficient (Wildman–Crippen LogP) is 13.2. The molecule has 9 heteroatoms. The molecule has 0 aromatic rings. The summed E-state index contributed by atoms with van der Waals surface area (Å²) in [4.78, 5) is 22.5. The molecule has 0 saturated carbocycles. The van der Waals surface area contributed by atoms with Crippen molar-refractivity contribution in [2.24, 2.45) is 5.73 Å². The molecule has 54 heavy (non-hydrogen) atoms. The summed E-state index contributed by atoms with van der Waals surface area (Å²) >= 11 is 0. The highest BCUT2D eigenvalue weighted by Gasteiger charge is 2.25. The van der Waals surface area contributed by atoms with Gasteiger partial charge < -0.3 is 20.1 Å². The minimum Gasteiger partial charge on any atom is -0.457 e. The lowest BCUT2D eigenvalue weighted by molar-refractivity contribution is -0.154. The first-order valence-electron chi connectivity index (χ1n) is 22.1. The highest BCUT2D eigenvalue weighted by Crippen LogP contribution is 2.43. The second-order valence-corrected chi connectivity index (χ2v) is 16.0. The Labute approximate surface area is 332 Å². The molecule has 2 atom stereocenters. The van der Waals surface area contributed by atoms with E-state index in [9.17, 15) is 14.3 Å². The number of ether oxygens (including phenoxy) is 2. The van der Waals surface area contributed by atoms with Crippen LogP contribution in [0.3, 0.4) is 0 Å². The fourth-order valence-corrected chi connectivity index (χ4v) is 6.81. The summed E-state index contributed by atoms with van der Waals surface area (Å²) < 4.78 is 33.4. The topological polar surface area (TPSA) is 117 Å². The molecule has 0 saturated heterocycles. The summed E-state index contributed by atoms with van der Waals surface area (Å²) in [5.41, 5.74) is 5.37. The van der Waals surface area contributed by atoms with Crippen molar-refractivity contribution in [3.05, 3.63) is 48.6 Å². The maximum atomic E-state index is 12.6. The van der Waals surface area contributed by atoms with Crippen molar-refractivity contribution in [2.45, 2.75) is 200 Å². The summed E-state index contributed by atoms with van der Waals surface area (Å²) in [5.74, 6) is -0.334. The van der Waals surface area contributed by atoms with Crippen LogP contribution in [0.25, 0.3) is 0 Å². The van der Waals surface area contributed by atoms with Gasteiger partial charge >= 0.3 is 13.8 Å². The second-order valence-electron chi connectivity index (χ2n) is 14.5. The predicted molar refractivity (Wildman–Crippen MR) is 229 cm³/mol. The van der Waals surface area contributed by atoms with Gasteiger partial charge in [0.1, 0.15) is 6.10 Å². The van der Waals surface area contributed by atoms with Gasteiger partial charge in [-0.1, -0.05) is 184 Å². The number of esters is 1. The van der Waals surface area contributed by atoms with Gasteiger partial charge in [0.05, 0.1) is 19.8 Å². The molecule has 8 nitrogen and oxygen atoms in total. The average Bonchev–Trinajstić information content (AvgIpc) is 3.16. The van der Waals surface area contributed by atoms with Crippen LogP contribution in [-0.2, 0) is 27.9 Å². The molecular formula is C45H84NO7P. The summed E-state index contributed by atoms with van der Waals surface area (Å²) in [7, 11) is -4.28. The number of phosphoric ester groups is 1. The fraction of sp³-hybridized carbons (Fsp3) is 0.800. The molecule has 0 spiro atoms. The van der Waals surface area contributed by atoms with E-state index in [-0.39, 0.29) is 32.3 Å². The summed E-state index contributed by atoms with van der Waals surface area (Å²) in [6.45, 7) is 4.80. The molecule has 0 rings (SSSR count). The summed E-state index contributed by atoms with van der Waals surface area (Å²) in [5, 5.41) is 0. The van der Waals surface area contributed by atoms with Crippen molar-refractivity contribution in [3.8, 4) is 0 Å². The maximum Gasteiger partial charge on any atom is 0.472 e. The molecule has 2 unspecified atom stereocenters. The van der Waals surface area contributed by atoms with Crippen LogP contribution in [0, 0.1) is 0 Å². The minimum absolute atomic E-state index is 0.0979. The zero-order valence-corrected chi connectivity index (χ0v) is 35.8. The van der Waals surface area contributed by atoms with E-state index in [1.807, 2.05) is 0 Å². The average molecular weight is 782 g/mol. The van der Waals surface area contributed by atoms with Gasteiger partial charge in [-0.15, -0.1) is 0 Å². The van der Waals surface area contributed by atoms with E-state index < -0.39 is 13.9 Å². The van der Waals surface area contributed by atoms with Gasteiger partial charge in [0.15, 0.2) is 0 Å². The fourth-order valence-electron chi connectivity index (χ4n) is 6.05. The third-order valence-corrected chi connectivity index (χ3v) is 10.2. The Hall–Kier alpha value is -1.54. The lowest BCUT2D eigenvalue weighted by Gasteiger charge is -2.20. The molecule has 0 heterocycles. The first kappa shape index (κ1) is 52.5. The molecule has 0 radical (unpaired) electrons. The normalized spacial score (nSPS) is 13.9. The van der Waals surface area contributed by atoms with Gasteiger partial charge in [0.2, 0.25) is 0 Å². The number of hydrogen-bond donors (Lipinski definition) is 2. The maximum absolute atomic E-state index is 12.6. The Morgan fingerprint density at radius 3 is 1.56 bits per heavy atom. The zero-order valence-electron chi connectivity index (χ0n) is 35.0. The van der Waals surface area contributed by atoms with E-state index in [4.69, 9.17) is 24.3 Å². The number of rotatable bonds is 42. The van der Waals surface area contributed by atoms with Gasteiger partial charge in [-0.05, 0) is 51.4 Å². The van der Waals surface area contributed by atoms with Crippen LogP contribution >= 0.6 is 7.82 Å². The van der Waals surface area contributed by atoms with Crippen molar-refractivity contribution >= 4 is 13.8 Å². The molecule has 0 fully saturated rings. The van der Waals surface area contributed by atoms with Crippen LogP contribution < -0.4 is 5.73 Å². The van der Waals surface area contributed by atoms with Crippen molar-refractivity contribution in [2.75, 3.05) is 33.0 Å². The molecule has 0 aliphatic carbocycles. The standard InChI is InChI=1S/C45H84NO7P/c1-3-5-7-9-11-13-15-17-19-20-21-22-23-25-27-29-31-33-35-37-40-50-42-44(43-52-54(48,49)51-41-39-46)53-45(47)38-36-34-32-30-28-26-24-18-16-14-12-10-8-6-4-2/h5,7,11,13,17,19,21-22,44H,3-4,6,8-10,12,14-16,18,20,23-43,46H2,1-2H3,(H,48,49)/b7-5-,13-11-,19-17-,22-21-. The Bertz CT molecular complexity index is 968. The number of unbranched alkanes of at least 4 members (excludes halogenated alkanes) is 21. The van der Waals surface area contributed by atoms with Crippen LogP contribution in [0.2, 0.25) is 0 Å². The van der Waals surface area contributed by atoms with E-state index in [1.165, 1.54) is 109 Å². The van der Waals surface area contributed by atoms with E-state index in [2.05, 4.69) is 62.5 Å². The number of nitrogens with two attached hydrogens (primary N) is 1. The van der Waals surface area contributed by atoms with Gasteiger partial charge in [-0.3, -0.25) is 13.8 Å². The molecule has 0 aromatic carbocycles. The lowest BCUT2D eigenvalue weighted by Crippen LogP contribution is -2.28. The number of allylic oxidation sites excluding steroid dienone is 8. The van der Waals surface area contributed by atoms with Crippen LogP contribution in [0.5, 0.6) is 0 Å². The Balaban J connectivity index is 4.03. The Kier molecular flexibility index (Phi) is 41.4. The van der Waals surface area contributed by atoms with Crippen molar-refractivity contribution in [3.63, 3.8) is 0 Å². The minimum atomic E-state index is -4.28. The van der Waals surface area contributed by atoms with Gasteiger partial charge in [-0.2, -0.15) is 0 Å². The Morgan fingerprint density at radius 1 is 0.574 bits per heavy atom. The quantitative estimate of drug-likeness (QED) is 0.0272. The zero-order chi connectivity index (χ0) is 39.5. The summed E-state index contributed by atoms with van der Waals surface area (Å²) in [6, 6.07) is 0.